The lowest BCUT2D eigenvalue weighted by Gasteiger charge is -2.37. The predicted molar refractivity (Wildman–Crippen MR) is 131 cm³/mol. The van der Waals surface area contributed by atoms with Crippen LogP contribution in [-0.4, -0.2) is 41.8 Å². The molecule has 184 valence electrons. The quantitative estimate of drug-likeness (QED) is 0.428. The maximum atomic E-state index is 13.9. The number of benzene rings is 2. The number of nitrogens with zero attached hydrogens (tertiary/aromatic N) is 2. The number of carbonyl (C=O) groups excluding carboxylic acids is 3. The number of non-ortho nitro benzene ring substituents is 1. The molecule has 1 fully saturated rings. The van der Waals surface area contributed by atoms with Crippen molar-refractivity contribution in [3.63, 3.8) is 0 Å². The van der Waals surface area contributed by atoms with Crippen LogP contribution in [0, 0.1) is 16.0 Å². The van der Waals surface area contributed by atoms with Crippen LogP contribution in [0.25, 0.3) is 0 Å². The van der Waals surface area contributed by atoms with E-state index >= 15 is 0 Å². The van der Waals surface area contributed by atoms with Gasteiger partial charge in [-0.25, -0.2) is 0 Å². The molecule has 10 nitrogen and oxygen atoms in total. The first kappa shape index (κ1) is 24.3. The van der Waals surface area contributed by atoms with Gasteiger partial charge in [-0.2, -0.15) is 0 Å². The minimum atomic E-state index is -0.539. The van der Waals surface area contributed by atoms with Gasteiger partial charge < -0.3 is 21.3 Å². The Hall–Kier alpha value is -3.79. The molecule has 1 aliphatic carbocycles. The van der Waals surface area contributed by atoms with Crippen LogP contribution >= 0.6 is 0 Å². The predicted octanol–water partition coefficient (Wildman–Crippen LogP) is 3.22. The molecule has 2 aliphatic rings. The molecule has 0 saturated heterocycles. The lowest BCUT2D eigenvalue weighted by Crippen LogP contribution is -2.46. The number of nitrogens with one attached hydrogen (secondary N) is 2. The number of hydrogen-bond acceptors (Lipinski definition) is 6. The summed E-state index contributed by atoms with van der Waals surface area (Å²) in [4.78, 5) is 51.7. The summed E-state index contributed by atoms with van der Waals surface area (Å²) >= 11 is 0. The van der Waals surface area contributed by atoms with Crippen molar-refractivity contribution in [2.45, 2.75) is 44.6 Å². The SMILES string of the molecule is NCCNC(=O)c1ccc2c(c1)NC(=O)CC(C1CCCCC1)N2C(=O)c1cccc([N+](=O)[O-])c1. The lowest BCUT2D eigenvalue weighted by atomic mass is 9.81. The Balaban J connectivity index is 1.79. The zero-order valence-corrected chi connectivity index (χ0v) is 19.4. The van der Waals surface area contributed by atoms with Crippen molar-refractivity contribution in [2.24, 2.45) is 11.7 Å². The van der Waals surface area contributed by atoms with E-state index in [0.29, 0.717) is 30.0 Å². The van der Waals surface area contributed by atoms with E-state index < -0.39 is 16.9 Å². The van der Waals surface area contributed by atoms with E-state index in [1.54, 1.807) is 29.2 Å². The van der Waals surface area contributed by atoms with Crippen molar-refractivity contribution in [3.8, 4) is 0 Å². The fourth-order valence-electron chi connectivity index (χ4n) is 4.98. The van der Waals surface area contributed by atoms with Gasteiger partial charge in [-0.15, -0.1) is 0 Å². The van der Waals surface area contributed by atoms with Crippen molar-refractivity contribution < 1.29 is 19.3 Å². The monoisotopic (exact) mass is 479 g/mol. The summed E-state index contributed by atoms with van der Waals surface area (Å²) in [5.41, 5.74) is 6.62. The molecule has 10 heteroatoms. The van der Waals surface area contributed by atoms with Gasteiger partial charge in [-0.3, -0.25) is 24.5 Å². The second kappa shape index (κ2) is 10.6. The first-order valence-corrected chi connectivity index (χ1v) is 11.9. The number of rotatable bonds is 6. The molecule has 1 atom stereocenters. The van der Waals surface area contributed by atoms with Crippen LogP contribution < -0.4 is 21.3 Å². The molecule has 0 aromatic heterocycles. The largest absolute Gasteiger partial charge is 0.351 e. The van der Waals surface area contributed by atoms with E-state index in [2.05, 4.69) is 10.6 Å². The molecule has 0 radical (unpaired) electrons. The average molecular weight is 480 g/mol. The van der Waals surface area contributed by atoms with E-state index in [1.807, 2.05) is 0 Å². The number of fused-ring (bicyclic) bond motifs is 1. The second-order valence-corrected chi connectivity index (χ2v) is 8.98. The van der Waals surface area contributed by atoms with Crippen molar-refractivity contribution in [1.29, 1.82) is 0 Å². The average Bonchev–Trinajstić information content (AvgIpc) is 3.02. The van der Waals surface area contributed by atoms with Gasteiger partial charge in [-0.05, 0) is 43.0 Å². The molecule has 1 heterocycles. The normalized spacial score (nSPS) is 18.3. The van der Waals surface area contributed by atoms with Gasteiger partial charge in [0.15, 0.2) is 0 Å². The van der Waals surface area contributed by atoms with Crippen LogP contribution in [0.5, 0.6) is 0 Å². The Kier molecular flexibility index (Phi) is 7.40. The molecule has 1 unspecified atom stereocenters. The van der Waals surface area contributed by atoms with Crippen molar-refractivity contribution in [2.75, 3.05) is 23.3 Å². The minimum Gasteiger partial charge on any atom is -0.351 e. The lowest BCUT2D eigenvalue weighted by molar-refractivity contribution is -0.384. The Morgan fingerprint density at radius 3 is 2.60 bits per heavy atom. The summed E-state index contributed by atoms with van der Waals surface area (Å²) < 4.78 is 0. The fourth-order valence-corrected chi connectivity index (χ4v) is 4.98. The number of hydrogen-bond donors (Lipinski definition) is 3. The van der Waals surface area contributed by atoms with E-state index in [9.17, 15) is 24.5 Å². The Morgan fingerprint density at radius 2 is 1.89 bits per heavy atom. The highest BCUT2D eigenvalue weighted by atomic mass is 16.6. The molecule has 3 amide bonds. The number of nitro groups is 1. The fraction of sp³-hybridized carbons (Fsp3) is 0.400. The number of anilines is 2. The second-order valence-electron chi connectivity index (χ2n) is 8.98. The smallest absolute Gasteiger partial charge is 0.270 e. The molecule has 0 bridgehead atoms. The highest BCUT2D eigenvalue weighted by molar-refractivity contribution is 6.12. The van der Waals surface area contributed by atoms with E-state index in [4.69, 9.17) is 5.73 Å². The summed E-state index contributed by atoms with van der Waals surface area (Å²) in [6.07, 6.45) is 5.06. The van der Waals surface area contributed by atoms with Gasteiger partial charge >= 0.3 is 0 Å². The third-order valence-corrected chi connectivity index (χ3v) is 6.67. The zero-order valence-electron chi connectivity index (χ0n) is 19.4. The summed E-state index contributed by atoms with van der Waals surface area (Å²) in [6, 6.07) is 10.0. The topological polar surface area (TPSA) is 148 Å². The molecule has 1 saturated carbocycles. The van der Waals surface area contributed by atoms with Crippen LogP contribution in [-0.2, 0) is 4.79 Å². The first-order chi connectivity index (χ1) is 16.9. The van der Waals surface area contributed by atoms with Crippen molar-refractivity contribution in [1.82, 2.24) is 5.32 Å². The highest BCUT2D eigenvalue weighted by Gasteiger charge is 2.38. The number of amides is 3. The Bertz CT molecular complexity index is 1140. The van der Waals surface area contributed by atoms with Crippen LogP contribution in [0.3, 0.4) is 0 Å². The van der Waals surface area contributed by atoms with E-state index in [-0.39, 0.29) is 35.4 Å². The molecule has 1 aliphatic heterocycles. The number of nitro benzene ring substituents is 1. The third kappa shape index (κ3) is 5.32. The minimum absolute atomic E-state index is 0.106. The van der Waals surface area contributed by atoms with E-state index in [1.165, 1.54) is 18.2 Å². The molecule has 35 heavy (non-hydrogen) atoms. The van der Waals surface area contributed by atoms with Crippen LogP contribution in [0.2, 0.25) is 0 Å². The van der Waals surface area contributed by atoms with Crippen LogP contribution in [0.15, 0.2) is 42.5 Å². The van der Waals surface area contributed by atoms with Gasteiger partial charge in [-0.1, -0.05) is 25.3 Å². The number of carbonyl (C=O) groups is 3. The molecule has 4 rings (SSSR count). The molecular formula is C25H29N5O5. The first-order valence-electron chi connectivity index (χ1n) is 11.9. The highest BCUT2D eigenvalue weighted by Crippen LogP contribution is 2.39. The summed E-state index contributed by atoms with van der Waals surface area (Å²) in [5.74, 6) is -0.870. The maximum absolute atomic E-state index is 13.9. The van der Waals surface area contributed by atoms with E-state index in [0.717, 1.165) is 32.1 Å². The third-order valence-electron chi connectivity index (χ3n) is 6.67. The molecule has 2 aromatic carbocycles. The molecular weight excluding hydrogens is 450 g/mol. The van der Waals surface area contributed by atoms with Gasteiger partial charge in [0.2, 0.25) is 5.91 Å². The summed E-state index contributed by atoms with van der Waals surface area (Å²) in [7, 11) is 0. The standard InChI is InChI=1S/C25H29N5O5/c26-11-12-27-24(32)17-9-10-21-20(14-17)28-23(31)15-22(16-5-2-1-3-6-16)29(21)25(33)18-7-4-8-19(13-18)30(34)35/h4,7-10,13-14,16,22H,1-3,5-6,11-12,15,26H2,(H,27,32)(H,28,31). The van der Waals surface area contributed by atoms with Gasteiger partial charge in [0, 0.05) is 48.8 Å². The van der Waals surface area contributed by atoms with Gasteiger partial charge in [0.05, 0.1) is 16.3 Å². The maximum Gasteiger partial charge on any atom is 0.270 e. The van der Waals surface area contributed by atoms with Crippen LogP contribution in [0.4, 0.5) is 17.1 Å². The molecule has 2 aromatic rings. The van der Waals surface area contributed by atoms with Crippen molar-refractivity contribution in [3.05, 3.63) is 63.7 Å². The van der Waals surface area contributed by atoms with Crippen LogP contribution in [0.1, 0.15) is 59.2 Å². The number of nitrogens with two attached hydrogens (primary N) is 1. The summed E-state index contributed by atoms with van der Waals surface area (Å²) in [6.45, 7) is 0.603. The van der Waals surface area contributed by atoms with Gasteiger partial charge in [0.1, 0.15) is 0 Å². The summed E-state index contributed by atoms with van der Waals surface area (Å²) in [5, 5.41) is 16.9. The molecule has 0 spiro atoms. The van der Waals surface area contributed by atoms with Crippen molar-refractivity contribution >= 4 is 34.8 Å². The molecule has 4 N–H and O–H groups in total. The Labute approximate surface area is 203 Å². The Morgan fingerprint density at radius 1 is 1.11 bits per heavy atom. The zero-order chi connectivity index (χ0) is 24.9. The van der Waals surface area contributed by atoms with Gasteiger partial charge in [0.25, 0.3) is 17.5 Å².